The Kier molecular flexibility index (Phi) is 5.94. The molecule has 0 saturated carbocycles. The summed E-state index contributed by atoms with van der Waals surface area (Å²) in [6, 6.07) is 15.1. The van der Waals surface area contributed by atoms with Crippen molar-refractivity contribution in [1.29, 1.82) is 0 Å². The Morgan fingerprint density at radius 2 is 1.72 bits per heavy atom. The van der Waals surface area contributed by atoms with Gasteiger partial charge in [-0.3, -0.25) is 4.79 Å². The van der Waals surface area contributed by atoms with Crippen LogP contribution in [0.5, 0.6) is 0 Å². The van der Waals surface area contributed by atoms with Gasteiger partial charge in [0.2, 0.25) is 5.91 Å². The molecule has 2 amide bonds. The summed E-state index contributed by atoms with van der Waals surface area (Å²) in [6.45, 7) is 7.77. The molecule has 0 aliphatic carbocycles. The normalized spacial score (nSPS) is 17.1. The van der Waals surface area contributed by atoms with Gasteiger partial charge in [0.1, 0.15) is 11.6 Å². The van der Waals surface area contributed by atoms with Crippen molar-refractivity contribution in [3.8, 4) is 11.1 Å². The maximum Gasteiger partial charge on any atom is 0.407 e. The molecule has 2 aromatic carbocycles. The van der Waals surface area contributed by atoms with E-state index in [0.29, 0.717) is 6.54 Å². The zero-order valence-corrected chi connectivity index (χ0v) is 17.7. The van der Waals surface area contributed by atoms with Gasteiger partial charge < -0.3 is 20.3 Å². The van der Waals surface area contributed by atoms with Gasteiger partial charge in [-0.15, -0.1) is 0 Å². The van der Waals surface area contributed by atoms with Crippen LogP contribution in [-0.2, 0) is 9.53 Å². The first-order chi connectivity index (χ1) is 13.7. The number of anilines is 1. The van der Waals surface area contributed by atoms with Crippen LogP contribution >= 0.6 is 0 Å². The van der Waals surface area contributed by atoms with E-state index in [2.05, 4.69) is 10.6 Å². The molecule has 6 nitrogen and oxygen atoms in total. The maximum absolute atomic E-state index is 13.2. The van der Waals surface area contributed by atoms with E-state index in [4.69, 9.17) is 4.74 Å². The molecular formula is C23H29N3O3. The SMILES string of the molecule is C[C@@H](CN[C@@H]1C(=O)N(C)c2ccccc2-c2ccccc21)NC(=O)OC(C)(C)C. The number of ether oxygens (including phenoxy) is 1. The summed E-state index contributed by atoms with van der Waals surface area (Å²) in [5.74, 6) is -0.0353. The summed E-state index contributed by atoms with van der Waals surface area (Å²) >= 11 is 0. The Hall–Kier alpha value is -2.86. The minimum absolute atomic E-state index is 0.0353. The van der Waals surface area contributed by atoms with Crippen molar-refractivity contribution < 1.29 is 14.3 Å². The largest absolute Gasteiger partial charge is 0.444 e. The number of nitrogens with one attached hydrogen (secondary N) is 2. The Labute approximate surface area is 172 Å². The average molecular weight is 396 g/mol. The average Bonchev–Trinajstić information content (AvgIpc) is 2.74. The van der Waals surface area contributed by atoms with Crippen molar-refractivity contribution in [2.24, 2.45) is 0 Å². The number of carbonyl (C=O) groups is 2. The van der Waals surface area contributed by atoms with Crippen molar-refractivity contribution >= 4 is 17.7 Å². The topological polar surface area (TPSA) is 70.7 Å². The van der Waals surface area contributed by atoms with E-state index in [1.807, 2.05) is 76.2 Å². The fraction of sp³-hybridized carbons (Fsp3) is 0.391. The predicted octanol–water partition coefficient (Wildman–Crippen LogP) is 3.87. The molecule has 0 saturated heterocycles. The first kappa shape index (κ1) is 20.9. The van der Waals surface area contributed by atoms with Crippen molar-refractivity contribution in [2.45, 2.75) is 45.4 Å². The molecule has 0 fully saturated rings. The monoisotopic (exact) mass is 395 g/mol. The highest BCUT2D eigenvalue weighted by molar-refractivity contribution is 6.04. The fourth-order valence-electron chi connectivity index (χ4n) is 3.48. The number of fused-ring (bicyclic) bond motifs is 3. The van der Waals surface area contributed by atoms with E-state index in [-0.39, 0.29) is 11.9 Å². The van der Waals surface area contributed by atoms with Gasteiger partial charge in [-0.25, -0.2) is 4.79 Å². The van der Waals surface area contributed by atoms with Gasteiger partial charge >= 0.3 is 6.09 Å². The van der Waals surface area contributed by atoms with Crippen LogP contribution in [0.15, 0.2) is 48.5 Å². The molecule has 1 aliphatic heterocycles. The number of nitrogens with zero attached hydrogens (tertiary/aromatic N) is 1. The molecule has 2 aromatic rings. The first-order valence-electron chi connectivity index (χ1n) is 9.86. The molecule has 29 heavy (non-hydrogen) atoms. The van der Waals surface area contributed by atoms with Crippen LogP contribution < -0.4 is 15.5 Å². The Morgan fingerprint density at radius 3 is 2.41 bits per heavy atom. The number of hydrogen-bond donors (Lipinski definition) is 2. The van der Waals surface area contributed by atoms with Gasteiger partial charge in [-0.2, -0.15) is 0 Å². The lowest BCUT2D eigenvalue weighted by molar-refractivity contribution is -0.120. The van der Waals surface area contributed by atoms with Gasteiger partial charge in [0.25, 0.3) is 0 Å². The van der Waals surface area contributed by atoms with Crippen molar-refractivity contribution in [1.82, 2.24) is 10.6 Å². The number of benzene rings is 2. The Morgan fingerprint density at radius 1 is 1.10 bits per heavy atom. The molecule has 1 heterocycles. The number of rotatable bonds is 4. The second kappa shape index (κ2) is 8.25. The summed E-state index contributed by atoms with van der Waals surface area (Å²) in [4.78, 5) is 26.9. The van der Waals surface area contributed by atoms with Crippen molar-refractivity contribution in [3.63, 3.8) is 0 Å². The van der Waals surface area contributed by atoms with Crippen molar-refractivity contribution in [2.75, 3.05) is 18.5 Å². The molecule has 3 rings (SSSR count). The molecule has 0 aromatic heterocycles. The lowest BCUT2D eigenvalue weighted by Crippen LogP contribution is -2.46. The molecular weight excluding hydrogens is 366 g/mol. The number of para-hydroxylation sites is 1. The van der Waals surface area contributed by atoms with Crippen LogP contribution in [0.3, 0.4) is 0 Å². The standard InChI is InChI=1S/C23H29N3O3/c1-15(25-22(28)29-23(2,3)4)14-24-20-18-12-7-6-10-16(18)17-11-8-9-13-19(17)26(5)21(20)27/h6-13,15,20,24H,14H2,1-5H3,(H,25,28)/t15-,20-/m0/s1. The molecule has 6 heteroatoms. The van der Waals surface area contributed by atoms with Crippen LogP contribution in [0.25, 0.3) is 11.1 Å². The van der Waals surface area contributed by atoms with Gasteiger partial charge in [-0.05, 0) is 44.9 Å². The van der Waals surface area contributed by atoms with Gasteiger partial charge in [0.05, 0.1) is 5.69 Å². The first-order valence-corrected chi connectivity index (χ1v) is 9.86. The smallest absolute Gasteiger partial charge is 0.407 e. The minimum Gasteiger partial charge on any atom is -0.444 e. The number of likely N-dealkylation sites (N-methyl/N-ethyl adjacent to an activating group) is 1. The molecule has 1 aliphatic rings. The highest BCUT2D eigenvalue weighted by Gasteiger charge is 2.32. The number of hydrogen-bond acceptors (Lipinski definition) is 4. The highest BCUT2D eigenvalue weighted by Crippen LogP contribution is 2.39. The summed E-state index contributed by atoms with van der Waals surface area (Å²) in [7, 11) is 1.80. The van der Waals surface area contributed by atoms with Gasteiger partial charge in [0.15, 0.2) is 0 Å². The van der Waals surface area contributed by atoms with E-state index in [1.165, 1.54) is 0 Å². The molecule has 0 bridgehead atoms. The second-order valence-corrected chi connectivity index (χ2v) is 8.39. The van der Waals surface area contributed by atoms with E-state index in [1.54, 1.807) is 11.9 Å². The third-order valence-electron chi connectivity index (χ3n) is 4.80. The second-order valence-electron chi connectivity index (χ2n) is 8.39. The predicted molar refractivity (Wildman–Crippen MR) is 115 cm³/mol. The molecule has 0 unspecified atom stereocenters. The van der Waals surface area contributed by atoms with E-state index in [9.17, 15) is 9.59 Å². The fourth-order valence-corrected chi connectivity index (χ4v) is 3.48. The Bertz CT molecular complexity index is 904. The van der Waals surface area contributed by atoms with Crippen LogP contribution in [-0.4, -0.2) is 37.2 Å². The summed E-state index contributed by atoms with van der Waals surface area (Å²) < 4.78 is 5.30. The summed E-state index contributed by atoms with van der Waals surface area (Å²) in [5.41, 5.74) is 3.32. The minimum atomic E-state index is -0.554. The lowest BCUT2D eigenvalue weighted by Gasteiger charge is -2.25. The number of carbonyl (C=O) groups excluding carboxylic acids is 2. The van der Waals surface area contributed by atoms with Gasteiger partial charge in [0, 0.05) is 25.2 Å². The van der Waals surface area contributed by atoms with Crippen LogP contribution in [0.1, 0.15) is 39.3 Å². The molecule has 2 N–H and O–H groups in total. The lowest BCUT2D eigenvalue weighted by atomic mass is 9.95. The van der Waals surface area contributed by atoms with E-state index >= 15 is 0 Å². The van der Waals surface area contributed by atoms with Crippen molar-refractivity contribution in [3.05, 3.63) is 54.1 Å². The number of alkyl carbamates (subject to hydrolysis) is 1. The molecule has 0 radical (unpaired) electrons. The molecule has 0 spiro atoms. The van der Waals surface area contributed by atoms with Crippen LogP contribution in [0, 0.1) is 0 Å². The van der Waals surface area contributed by atoms with Crippen LogP contribution in [0.2, 0.25) is 0 Å². The third-order valence-corrected chi connectivity index (χ3v) is 4.80. The quantitative estimate of drug-likeness (QED) is 0.824. The Balaban J connectivity index is 1.79. The molecule has 2 atom stereocenters. The van der Waals surface area contributed by atoms with E-state index < -0.39 is 17.7 Å². The number of amides is 2. The third kappa shape index (κ3) is 4.77. The zero-order chi connectivity index (χ0) is 21.2. The summed E-state index contributed by atoms with van der Waals surface area (Å²) in [5, 5.41) is 6.15. The zero-order valence-electron chi connectivity index (χ0n) is 17.7. The molecule has 154 valence electrons. The van der Waals surface area contributed by atoms with Crippen LogP contribution in [0.4, 0.5) is 10.5 Å². The highest BCUT2D eigenvalue weighted by atomic mass is 16.6. The van der Waals surface area contributed by atoms with Gasteiger partial charge in [-0.1, -0.05) is 42.5 Å². The van der Waals surface area contributed by atoms with E-state index in [0.717, 1.165) is 22.4 Å². The summed E-state index contributed by atoms with van der Waals surface area (Å²) in [6.07, 6.45) is -0.469. The maximum atomic E-state index is 13.2.